The maximum atomic E-state index is 3.50. The van der Waals surface area contributed by atoms with Gasteiger partial charge >= 0.3 is 0 Å². The van der Waals surface area contributed by atoms with Gasteiger partial charge in [-0.1, -0.05) is 166 Å². The molecule has 0 bridgehead atoms. The van der Waals surface area contributed by atoms with Crippen LogP contribution in [0, 0.1) is 377 Å². The van der Waals surface area contributed by atoms with Crippen LogP contribution in [0.15, 0.2) is 0 Å². The first-order chi connectivity index (χ1) is 44.4. The summed E-state index contributed by atoms with van der Waals surface area (Å²) in [5.41, 5.74) is 46.0. The molecule has 0 aromatic carbocycles. The van der Waals surface area contributed by atoms with Gasteiger partial charge in [0, 0.05) is 0 Å². The van der Waals surface area contributed by atoms with E-state index in [0.29, 0.717) is 135 Å². The molecule has 42 spiro atoms. The minimum absolute atomic E-state index is 0.390. The fourth-order valence-corrected chi connectivity index (χ4v) is 103. The lowest BCUT2D eigenvalue weighted by molar-refractivity contribution is -1.05. The molecule has 0 heterocycles. The first-order valence-corrected chi connectivity index (χ1v) is 44.4. The van der Waals surface area contributed by atoms with Crippen LogP contribution in [0.4, 0.5) is 0 Å². The Morgan fingerprint density at radius 1 is 0.179 bits per heavy atom. The van der Waals surface area contributed by atoms with Gasteiger partial charge in [-0.15, -0.1) is 0 Å². The molecule has 462 valence electrons. The van der Waals surface area contributed by atoms with Gasteiger partial charge < -0.3 is 0 Å². The SMILES string of the molecule is CC1C2C3C4C5C6CC7(C)C8(C)C9(C)C%10(C)C%11(C)C%12(C)C%13(C)C(C)(C)C%14(C)C%15(C)C%16(C)C%17(C)C%18(C)C%19(C)C(C)(C)C%20(C)C%21(C)C%22(C)C%23(C)C%24(C)C%25(C)CC1%26C21C32C43C54C67C85C96C%107C%118C%129C%14%13C%15%10C%16%11C%17%12C%18%13C%19%20C%21%14C%22%15C%23%16C%24%17C%25%26C1%18C21C32C45C63C74C85C%109C%116C%127C%13%14C%158C%169C%17%18C1%10C23C41C65C78C9%101. The highest BCUT2D eigenvalue weighted by Crippen LogP contribution is 3.91. The molecule has 0 N–H and O–H groups in total. The highest BCUT2D eigenvalue weighted by molar-refractivity contribution is 6.88. The molecular formula is C95H82. The van der Waals surface area contributed by atoms with Gasteiger partial charge in [0.2, 0.25) is 0 Å². The minimum Gasteiger partial charge on any atom is -0.0616 e. The van der Waals surface area contributed by atoms with E-state index in [1.54, 1.807) is 12.8 Å². The fourth-order valence-electron chi connectivity index (χ4n) is 103. The molecule has 0 aromatic heterocycles. The average Bonchev–Trinajstić information content (AvgIpc) is 0.398. The molecule has 55 aliphatic carbocycles. The summed E-state index contributed by atoms with van der Waals surface area (Å²) in [6.45, 7) is 80.7. The van der Waals surface area contributed by atoms with Crippen molar-refractivity contribution in [2.75, 3.05) is 0 Å². The first-order valence-electron chi connectivity index (χ1n) is 44.4. The van der Waals surface area contributed by atoms with Crippen molar-refractivity contribution >= 4 is 0 Å². The smallest absolute Gasteiger partial charge is 0.000000810 e. The van der Waals surface area contributed by atoms with Gasteiger partial charge in [0.15, 0.2) is 0 Å². The van der Waals surface area contributed by atoms with Crippen LogP contribution in [0.3, 0.4) is 0 Å². The van der Waals surface area contributed by atoms with Crippen molar-refractivity contribution in [1.29, 1.82) is 0 Å². The minimum atomic E-state index is 0.390. The summed E-state index contributed by atoms with van der Waals surface area (Å²) >= 11 is 0. The van der Waals surface area contributed by atoms with Crippen LogP contribution in [-0.2, 0) is 0 Å². The number of rotatable bonds is 0. The third-order valence-electron chi connectivity index (χ3n) is 83.0. The van der Waals surface area contributed by atoms with E-state index >= 15 is 0 Å². The quantitative estimate of drug-likeness (QED) is 0.227. The van der Waals surface area contributed by atoms with Crippen molar-refractivity contribution in [1.82, 2.24) is 0 Å². The van der Waals surface area contributed by atoms with E-state index in [4.69, 9.17) is 0 Å². The molecule has 55 fully saturated rings. The van der Waals surface area contributed by atoms with Crippen molar-refractivity contribution in [2.24, 2.45) is 263 Å². The van der Waals surface area contributed by atoms with Crippen LogP contribution in [0.25, 0.3) is 0 Å². The van der Waals surface area contributed by atoms with Crippen LogP contribution < -0.4 is 0 Å². The molecule has 55 aliphatic rings. The summed E-state index contributed by atoms with van der Waals surface area (Å²) in [4.78, 5) is 0. The lowest BCUT2D eigenvalue weighted by atomic mass is 8.21. The normalized spacial score (nSPS) is 133. The van der Waals surface area contributed by atoms with E-state index in [-0.39, 0.29) is 0 Å². The van der Waals surface area contributed by atoms with Gasteiger partial charge in [0.1, 0.15) is 0 Å². The zero-order valence-electron chi connectivity index (χ0n) is 60.4. The largest absolute Gasteiger partial charge is 0.0616 e. The lowest BCUT2D eigenvalue weighted by Gasteiger charge is -3.80. The zero-order chi connectivity index (χ0) is 60.4. The molecule has 0 amide bonds. The van der Waals surface area contributed by atoms with Crippen LogP contribution >= 0.6 is 0 Å². The average molecular weight is 1220 g/mol. The Hall–Kier alpha value is 0. The second kappa shape index (κ2) is 5.13. The van der Waals surface area contributed by atoms with E-state index in [9.17, 15) is 0 Å². The summed E-state index contributed by atoms with van der Waals surface area (Å²) in [6.07, 6.45) is 3.56. The van der Waals surface area contributed by atoms with Crippen molar-refractivity contribution in [3.63, 3.8) is 0 Å². The molecular weight excluding hydrogens is 1140 g/mol. The predicted octanol–water partition coefficient (Wildman–Crippen LogP) is 15.5. The van der Waals surface area contributed by atoms with Crippen molar-refractivity contribution in [3.8, 4) is 0 Å². The summed E-state index contributed by atoms with van der Waals surface area (Å²) in [6, 6.07) is 0. The maximum Gasteiger partial charge on any atom is -0.000000810 e. The van der Waals surface area contributed by atoms with Gasteiger partial charge in [-0.05, 0) is 389 Å². The Labute approximate surface area is 552 Å². The van der Waals surface area contributed by atoms with Crippen molar-refractivity contribution in [2.45, 2.75) is 179 Å². The fraction of sp³-hybridized carbons (Fsp3) is 1.00. The van der Waals surface area contributed by atoms with Crippen molar-refractivity contribution in [3.05, 3.63) is 114 Å². The molecule has 67 unspecified atom stereocenters. The summed E-state index contributed by atoms with van der Waals surface area (Å²) < 4.78 is 0. The molecule has 67 atom stereocenters. The summed E-state index contributed by atoms with van der Waals surface area (Å²) in [5.74, 6) is 7.45. The van der Waals surface area contributed by atoms with Crippen LogP contribution in [0.2, 0.25) is 0 Å². The molecule has 0 aliphatic heterocycles. The Morgan fingerprint density at radius 3 is 0.821 bits per heavy atom. The maximum absolute atomic E-state index is 3.50. The Kier molecular flexibility index (Phi) is 2.04. The van der Waals surface area contributed by atoms with Crippen LogP contribution in [0.5, 0.6) is 0 Å². The topological polar surface area (TPSA) is 0 Å². The van der Waals surface area contributed by atoms with Gasteiger partial charge in [0.05, 0.1) is 0 Å². The van der Waals surface area contributed by atoms with Gasteiger partial charge in [-0.3, -0.25) is 0 Å². The zero-order valence-corrected chi connectivity index (χ0v) is 60.4. The number of fused-ring (bicyclic) bond motifs is 20. The highest BCUT2D eigenvalue weighted by atomic mass is 15.9. The summed E-state index contributed by atoms with van der Waals surface area (Å²) in [5, 5.41) is 0. The van der Waals surface area contributed by atoms with E-state index in [1.807, 2.05) is 0 Å². The van der Waals surface area contributed by atoms with Gasteiger partial charge in [-0.2, -0.15) is 0 Å². The van der Waals surface area contributed by atoms with Crippen LogP contribution in [0.1, 0.15) is 179 Å². The van der Waals surface area contributed by atoms with E-state index in [2.05, 4.69) is 166 Å². The molecule has 0 aromatic rings. The number of hydrogen-bond donors (Lipinski definition) is 0. The van der Waals surface area contributed by atoms with E-state index < -0.39 is 0 Å². The van der Waals surface area contributed by atoms with Crippen LogP contribution in [-0.4, -0.2) is 0 Å². The van der Waals surface area contributed by atoms with Crippen molar-refractivity contribution < 1.29 is 0 Å². The predicted molar refractivity (Wildman–Crippen MR) is 337 cm³/mol. The molecule has 0 heteroatoms. The second-order valence-electron chi connectivity index (χ2n) is 60.9. The molecule has 55 saturated carbocycles. The van der Waals surface area contributed by atoms with E-state index in [0.717, 1.165) is 212 Å². The monoisotopic (exact) mass is 1220 g/mol. The molecule has 55 rings (SSSR count). The van der Waals surface area contributed by atoms with E-state index in [1.165, 1.54) is 29.6 Å². The lowest BCUT2D eigenvalue weighted by Crippen LogP contribution is -3.75. The summed E-state index contributed by atoms with van der Waals surface area (Å²) in [7, 11) is 0. The van der Waals surface area contributed by atoms with Gasteiger partial charge in [-0.25, -0.2) is 0 Å². The third kappa shape index (κ3) is 0.712. The third-order valence-corrected chi connectivity index (χ3v) is 83.0. The first kappa shape index (κ1) is 37.8. The highest BCUT2D eigenvalue weighted by Gasteiger charge is 3.86. The second-order valence-corrected chi connectivity index (χ2v) is 60.9. The molecule has 0 radical (unpaired) electrons. The molecule has 95 heavy (non-hydrogen) atoms. The standard InChI is InChI=1S/C95H82/c1-27-29-31-32-30-28-25-35(6)41(12)47(18)53(24)52(23)46(17)40(11)34(4,5)39(10)45(16)51(22)50(21)44(15)38(9)33(2,3)37(8)43(14)49(20)48(19)42(13)36(7)26-54(27)56(29)58(31)59(32)57(30)55(28,35)63(41)69(47)75(53)74(52)68(46)62(39,40)67(45)73(51)72(50)66(44)61(37,38)65(43)71(49)70(48)64(42)60(36,54)76(56)78(58)79(59)77(57,63)83(69)89(75)87(74)81(67,68)85(73)84(72)80(65,66)86(71)88(70)82(64,76)90(78)91(79,83)95(89)93(85,87)92(84,86)94(88,90)95/h27-32H,25-26H2,1-24H3. The molecule has 0 saturated heterocycles. The Balaban J connectivity index is 0.699. The molecule has 0 nitrogen and oxygen atoms in total. The number of hydrogen-bond acceptors (Lipinski definition) is 0. The Morgan fingerprint density at radius 2 is 0.421 bits per heavy atom. The Bertz CT molecular complexity index is 6600. The van der Waals surface area contributed by atoms with Gasteiger partial charge in [0.25, 0.3) is 0 Å².